The first-order valence-electron chi connectivity index (χ1n) is 6.55. The highest BCUT2D eigenvalue weighted by Crippen LogP contribution is 2.24. The number of carbonyl (C=O) groups is 1. The minimum absolute atomic E-state index is 0.0731. The van der Waals surface area contributed by atoms with E-state index in [9.17, 15) is 15.0 Å². The Morgan fingerprint density at radius 2 is 2.10 bits per heavy atom. The fraction of sp³-hybridized carbons (Fsp3) is 0.500. The molecule has 1 unspecified atom stereocenters. The summed E-state index contributed by atoms with van der Waals surface area (Å²) < 4.78 is 0.588. The minimum Gasteiger partial charge on any atom is -0.507 e. The number of rotatable bonds is 6. The number of aliphatic hydroxyl groups excluding tert-OH is 1. The summed E-state index contributed by atoms with van der Waals surface area (Å²) in [5.41, 5.74) is 0.870. The molecule has 5 nitrogen and oxygen atoms in total. The molecule has 6 heteroatoms. The van der Waals surface area contributed by atoms with E-state index in [1.54, 1.807) is 18.2 Å². The van der Waals surface area contributed by atoms with Crippen LogP contribution >= 0.6 is 15.9 Å². The zero-order valence-corrected chi connectivity index (χ0v) is 13.3. The van der Waals surface area contributed by atoms with Crippen LogP contribution < -0.4 is 10.6 Å². The smallest absolute Gasteiger partial charge is 0.315 e. The second-order valence-corrected chi connectivity index (χ2v) is 5.98. The molecule has 0 aliphatic carbocycles. The van der Waals surface area contributed by atoms with Gasteiger partial charge in [0.05, 0.1) is 17.1 Å². The number of nitrogens with one attached hydrogen (secondary N) is 2. The Morgan fingerprint density at radius 1 is 1.40 bits per heavy atom. The highest BCUT2D eigenvalue weighted by atomic mass is 79.9. The van der Waals surface area contributed by atoms with E-state index in [1.165, 1.54) is 0 Å². The maximum atomic E-state index is 11.7. The molecule has 0 aromatic heterocycles. The van der Waals surface area contributed by atoms with Crippen molar-refractivity contribution in [1.82, 2.24) is 10.6 Å². The maximum absolute atomic E-state index is 11.7. The van der Waals surface area contributed by atoms with Gasteiger partial charge in [0.25, 0.3) is 0 Å². The first-order chi connectivity index (χ1) is 9.42. The molecule has 0 saturated carbocycles. The topological polar surface area (TPSA) is 81.6 Å². The molecule has 112 valence electrons. The van der Waals surface area contributed by atoms with Gasteiger partial charge in [0, 0.05) is 6.54 Å². The lowest BCUT2D eigenvalue weighted by Crippen LogP contribution is -2.44. The Balaban J connectivity index is 2.44. The van der Waals surface area contributed by atoms with Gasteiger partial charge in [-0.25, -0.2) is 4.79 Å². The molecule has 2 amide bonds. The lowest BCUT2D eigenvalue weighted by atomic mass is 10.0. The van der Waals surface area contributed by atoms with Crippen molar-refractivity contribution < 1.29 is 15.0 Å². The molecule has 0 fully saturated rings. The number of carbonyl (C=O) groups excluding carboxylic acids is 1. The molecule has 4 N–H and O–H groups in total. The third-order valence-electron chi connectivity index (χ3n) is 2.78. The SMILES string of the molecule is CC(C)CC(CO)NC(=O)NCc1ccc(O)c(Br)c1. The highest BCUT2D eigenvalue weighted by molar-refractivity contribution is 9.10. The fourth-order valence-corrected chi connectivity index (χ4v) is 2.25. The Labute approximate surface area is 127 Å². The van der Waals surface area contributed by atoms with Gasteiger partial charge in [-0.05, 0) is 46.0 Å². The number of phenolic OH excluding ortho intramolecular Hbond substituents is 1. The normalized spacial score (nSPS) is 12.2. The average Bonchev–Trinajstić information content (AvgIpc) is 2.39. The van der Waals surface area contributed by atoms with Gasteiger partial charge in [-0.15, -0.1) is 0 Å². The Kier molecular flexibility index (Phi) is 6.81. The number of benzene rings is 1. The van der Waals surface area contributed by atoms with Crippen LogP contribution in [0.15, 0.2) is 22.7 Å². The number of phenols is 1. The van der Waals surface area contributed by atoms with E-state index in [0.29, 0.717) is 16.9 Å². The molecule has 0 heterocycles. The number of aromatic hydroxyl groups is 1. The van der Waals surface area contributed by atoms with E-state index in [2.05, 4.69) is 26.6 Å². The molecule has 1 aromatic carbocycles. The summed E-state index contributed by atoms with van der Waals surface area (Å²) in [7, 11) is 0. The first kappa shape index (κ1) is 16.8. The van der Waals surface area contributed by atoms with Crippen LogP contribution in [-0.4, -0.2) is 28.9 Å². The van der Waals surface area contributed by atoms with Crippen LogP contribution in [-0.2, 0) is 6.54 Å². The minimum atomic E-state index is -0.311. The number of aliphatic hydroxyl groups is 1. The van der Waals surface area contributed by atoms with Crippen LogP contribution in [0.2, 0.25) is 0 Å². The number of amides is 2. The van der Waals surface area contributed by atoms with Crippen molar-refractivity contribution in [3.05, 3.63) is 28.2 Å². The van der Waals surface area contributed by atoms with Crippen molar-refractivity contribution in [3.63, 3.8) is 0 Å². The van der Waals surface area contributed by atoms with Gasteiger partial charge in [-0.2, -0.15) is 0 Å². The standard InChI is InChI=1S/C14H21BrN2O3/c1-9(2)5-11(8-18)17-14(20)16-7-10-3-4-13(19)12(15)6-10/h3-4,6,9,11,18-19H,5,7-8H2,1-2H3,(H2,16,17,20). The molecule has 1 rings (SSSR count). The third-order valence-corrected chi connectivity index (χ3v) is 3.41. The summed E-state index contributed by atoms with van der Waals surface area (Å²) in [6.45, 7) is 4.35. The zero-order valence-electron chi connectivity index (χ0n) is 11.7. The molecule has 0 aliphatic heterocycles. The van der Waals surface area contributed by atoms with Crippen molar-refractivity contribution in [2.24, 2.45) is 5.92 Å². The molecule has 0 spiro atoms. The van der Waals surface area contributed by atoms with Gasteiger partial charge < -0.3 is 20.8 Å². The summed E-state index contributed by atoms with van der Waals surface area (Å²) in [6, 6.07) is 4.50. The largest absolute Gasteiger partial charge is 0.507 e. The lowest BCUT2D eigenvalue weighted by molar-refractivity contribution is 0.206. The Hall–Kier alpha value is -1.27. The van der Waals surface area contributed by atoms with Crippen molar-refractivity contribution in [3.8, 4) is 5.75 Å². The molecular weight excluding hydrogens is 324 g/mol. The van der Waals surface area contributed by atoms with Crippen LogP contribution in [0, 0.1) is 5.92 Å². The summed E-state index contributed by atoms with van der Waals surface area (Å²) in [5, 5.41) is 24.0. The van der Waals surface area contributed by atoms with E-state index in [4.69, 9.17) is 0 Å². The number of hydrogen-bond donors (Lipinski definition) is 4. The molecule has 0 saturated heterocycles. The number of urea groups is 1. The number of hydrogen-bond acceptors (Lipinski definition) is 3. The molecule has 0 bridgehead atoms. The van der Waals surface area contributed by atoms with Crippen LogP contribution in [0.5, 0.6) is 5.75 Å². The predicted molar refractivity (Wildman–Crippen MR) is 81.5 cm³/mol. The summed E-state index contributed by atoms with van der Waals surface area (Å²) >= 11 is 3.22. The predicted octanol–water partition coefficient (Wildman–Crippen LogP) is 2.36. The first-order valence-corrected chi connectivity index (χ1v) is 7.34. The second-order valence-electron chi connectivity index (χ2n) is 5.12. The molecule has 0 radical (unpaired) electrons. The molecular formula is C14H21BrN2O3. The van der Waals surface area contributed by atoms with Gasteiger partial charge in [0.2, 0.25) is 0 Å². The molecule has 0 aliphatic rings. The van der Waals surface area contributed by atoms with E-state index in [1.807, 2.05) is 13.8 Å². The van der Waals surface area contributed by atoms with Crippen LogP contribution in [0.3, 0.4) is 0 Å². The zero-order chi connectivity index (χ0) is 15.1. The van der Waals surface area contributed by atoms with Gasteiger partial charge in [0.1, 0.15) is 5.75 Å². The third kappa shape index (κ3) is 5.79. The van der Waals surface area contributed by atoms with Gasteiger partial charge >= 0.3 is 6.03 Å². The monoisotopic (exact) mass is 344 g/mol. The average molecular weight is 345 g/mol. The summed E-state index contributed by atoms with van der Waals surface area (Å²) in [6.07, 6.45) is 0.731. The van der Waals surface area contributed by atoms with Crippen LogP contribution in [0.25, 0.3) is 0 Å². The fourth-order valence-electron chi connectivity index (χ4n) is 1.83. The maximum Gasteiger partial charge on any atom is 0.315 e. The summed E-state index contributed by atoms with van der Waals surface area (Å²) in [5.74, 6) is 0.566. The van der Waals surface area contributed by atoms with E-state index in [0.717, 1.165) is 12.0 Å². The Bertz CT molecular complexity index is 452. The highest BCUT2D eigenvalue weighted by Gasteiger charge is 2.12. The van der Waals surface area contributed by atoms with Crippen molar-refractivity contribution in [1.29, 1.82) is 0 Å². The van der Waals surface area contributed by atoms with Crippen molar-refractivity contribution in [2.45, 2.75) is 32.9 Å². The lowest BCUT2D eigenvalue weighted by Gasteiger charge is -2.18. The Morgan fingerprint density at radius 3 is 2.65 bits per heavy atom. The quantitative estimate of drug-likeness (QED) is 0.639. The van der Waals surface area contributed by atoms with Gasteiger partial charge in [-0.3, -0.25) is 0 Å². The van der Waals surface area contributed by atoms with Crippen LogP contribution in [0.4, 0.5) is 4.79 Å². The van der Waals surface area contributed by atoms with Gasteiger partial charge in [-0.1, -0.05) is 19.9 Å². The van der Waals surface area contributed by atoms with E-state index >= 15 is 0 Å². The summed E-state index contributed by atoms with van der Waals surface area (Å²) in [4.78, 5) is 11.7. The van der Waals surface area contributed by atoms with Crippen molar-refractivity contribution in [2.75, 3.05) is 6.61 Å². The molecule has 1 aromatic rings. The van der Waals surface area contributed by atoms with Gasteiger partial charge in [0.15, 0.2) is 0 Å². The number of halogens is 1. The second kappa shape index (κ2) is 8.11. The van der Waals surface area contributed by atoms with Crippen molar-refractivity contribution >= 4 is 22.0 Å². The molecule has 20 heavy (non-hydrogen) atoms. The van der Waals surface area contributed by atoms with E-state index < -0.39 is 0 Å². The van der Waals surface area contributed by atoms with E-state index in [-0.39, 0.29) is 24.4 Å². The van der Waals surface area contributed by atoms with Crippen LogP contribution in [0.1, 0.15) is 25.8 Å². The molecule has 1 atom stereocenters.